The van der Waals surface area contributed by atoms with Gasteiger partial charge in [0.05, 0.1) is 12.4 Å². The van der Waals surface area contributed by atoms with E-state index in [9.17, 15) is 10.2 Å². The molecule has 0 saturated carbocycles. The van der Waals surface area contributed by atoms with Crippen molar-refractivity contribution in [2.24, 2.45) is 0 Å². The number of nitrogens with two attached hydrogens (primary N) is 1. The van der Waals surface area contributed by atoms with E-state index in [-0.39, 0.29) is 5.82 Å². The number of fused-ring (bicyclic) bond motifs is 1. The Bertz CT molecular complexity index is 722. The van der Waals surface area contributed by atoms with Crippen LogP contribution in [0.3, 0.4) is 0 Å². The van der Waals surface area contributed by atoms with Crippen LogP contribution in [0.2, 0.25) is 0 Å². The first-order valence-electron chi connectivity index (χ1n) is 7.92. The molecule has 0 spiro atoms. The molecular formula is C14H20N6O3S. The van der Waals surface area contributed by atoms with Crippen LogP contribution in [0.15, 0.2) is 12.7 Å². The average molecular weight is 352 g/mol. The standard InChI is InChI=1S/C14H20N6O3S/c15-12-9-13(18-5-17-12)20(6-19-9)14-11(22)10(21)8(23-14)4-24-7-1-2-16-3-7/h5-8,10-11,14,16,21-22H,1-4H2,(H2,15,17,18)/t7-,8+,10+,11+,14+/m0/s1. The molecule has 2 saturated heterocycles. The van der Waals surface area contributed by atoms with Crippen molar-refractivity contribution in [3.05, 3.63) is 12.7 Å². The Kier molecular flexibility index (Phi) is 4.31. The van der Waals surface area contributed by atoms with Crippen molar-refractivity contribution in [3.63, 3.8) is 0 Å². The minimum Gasteiger partial charge on any atom is -0.387 e. The molecule has 2 fully saturated rings. The lowest BCUT2D eigenvalue weighted by atomic mass is 10.1. The zero-order valence-corrected chi connectivity index (χ0v) is 13.8. The van der Waals surface area contributed by atoms with Crippen LogP contribution in [0.25, 0.3) is 11.2 Å². The Hall–Kier alpha value is -1.46. The van der Waals surface area contributed by atoms with Crippen molar-refractivity contribution in [1.29, 1.82) is 0 Å². The number of anilines is 1. The third kappa shape index (κ3) is 2.74. The highest BCUT2D eigenvalue weighted by Crippen LogP contribution is 2.34. The van der Waals surface area contributed by atoms with Crippen LogP contribution in [-0.4, -0.2) is 72.1 Å². The van der Waals surface area contributed by atoms with E-state index in [2.05, 4.69) is 20.3 Å². The molecule has 24 heavy (non-hydrogen) atoms. The summed E-state index contributed by atoms with van der Waals surface area (Å²) < 4.78 is 7.52. The van der Waals surface area contributed by atoms with Gasteiger partial charge in [0, 0.05) is 17.5 Å². The fourth-order valence-electron chi connectivity index (χ4n) is 3.15. The lowest BCUT2D eigenvalue weighted by Crippen LogP contribution is -2.33. The maximum Gasteiger partial charge on any atom is 0.167 e. The zero-order valence-electron chi connectivity index (χ0n) is 12.9. The molecule has 0 bridgehead atoms. The van der Waals surface area contributed by atoms with Crippen LogP contribution in [0.4, 0.5) is 5.82 Å². The number of thioether (sulfide) groups is 1. The number of aromatic nitrogens is 4. The van der Waals surface area contributed by atoms with E-state index in [1.54, 1.807) is 16.3 Å². The highest BCUT2D eigenvalue weighted by Gasteiger charge is 2.44. The number of aliphatic hydroxyl groups is 2. The number of nitrogen functional groups attached to an aromatic ring is 1. The second kappa shape index (κ2) is 6.45. The quantitative estimate of drug-likeness (QED) is 0.554. The van der Waals surface area contributed by atoms with E-state index in [0.717, 1.165) is 19.5 Å². The predicted octanol–water partition coefficient (Wildman–Crippen LogP) is -0.877. The maximum absolute atomic E-state index is 10.4. The number of aliphatic hydroxyl groups excluding tert-OH is 2. The molecule has 2 aromatic rings. The number of hydrogen-bond acceptors (Lipinski definition) is 9. The smallest absolute Gasteiger partial charge is 0.167 e. The molecule has 5 atom stereocenters. The summed E-state index contributed by atoms with van der Waals surface area (Å²) in [7, 11) is 0. The minimum absolute atomic E-state index is 0.271. The number of imidazole rings is 1. The average Bonchev–Trinajstić information content (AvgIpc) is 3.28. The zero-order chi connectivity index (χ0) is 16.7. The van der Waals surface area contributed by atoms with E-state index >= 15 is 0 Å². The molecule has 10 heteroatoms. The Morgan fingerprint density at radius 1 is 1.33 bits per heavy atom. The Morgan fingerprint density at radius 3 is 3.00 bits per heavy atom. The molecule has 5 N–H and O–H groups in total. The molecule has 9 nitrogen and oxygen atoms in total. The van der Waals surface area contributed by atoms with Crippen molar-refractivity contribution in [2.75, 3.05) is 24.6 Å². The molecule has 0 radical (unpaired) electrons. The highest BCUT2D eigenvalue weighted by atomic mass is 32.2. The van der Waals surface area contributed by atoms with Crippen LogP contribution < -0.4 is 11.1 Å². The second-order valence-electron chi connectivity index (χ2n) is 6.08. The molecule has 4 rings (SSSR count). The van der Waals surface area contributed by atoms with Gasteiger partial charge in [0.1, 0.15) is 24.1 Å². The Morgan fingerprint density at radius 2 is 2.21 bits per heavy atom. The fraction of sp³-hybridized carbons (Fsp3) is 0.643. The van der Waals surface area contributed by atoms with Gasteiger partial charge in [-0.05, 0) is 13.0 Å². The van der Waals surface area contributed by atoms with Gasteiger partial charge in [0.25, 0.3) is 0 Å². The lowest BCUT2D eigenvalue weighted by Gasteiger charge is -2.17. The summed E-state index contributed by atoms with van der Waals surface area (Å²) in [5, 5.41) is 24.6. The van der Waals surface area contributed by atoms with Crippen LogP contribution in [0.1, 0.15) is 12.6 Å². The summed E-state index contributed by atoms with van der Waals surface area (Å²) in [6, 6.07) is 0. The molecule has 4 heterocycles. The molecule has 130 valence electrons. The largest absolute Gasteiger partial charge is 0.387 e. The van der Waals surface area contributed by atoms with Gasteiger partial charge in [-0.1, -0.05) is 0 Å². The number of nitrogens with one attached hydrogen (secondary N) is 1. The van der Waals surface area contributed by atoms with Gasteiger partial charge in [-0.15, -0.1) is 0 Å². The highest BCUT2D eigenvalue weighted by molar-refractivity contribution is 8.00. The SMILES string of the molecule is Nc1ncnc2c1ncn2[C@@H]1O[C@H](CS[C@H]2CCNC2)[C@@H](O)[C@H]1O. The molecular weight excluding hydrogens is 332 g/mol. The molecule has 0 aliphatic carbocycles. The molecule has 0 aromatic carbocycles. The summed E-state index contributed by atoms with van der Waals surface area (Å²) in [5.74, 6) is 0.901. The van der Waals surface area contributed by atoms with Crippen molar-refractivity contribution in [2.45, 2.75) is 36.2 Å². The Balaban J connectivity index is 1.51. The van der Waals surface area contributed by atoms with E-state index in [1.807, 2.05) is 0 Å². The Labute approximate surface area is 142 Å². The van der Waals surface area contributed by atoms with E-state index < -0.39 is 24.5 Å². The topological polar surface area (TPSA) is 131 Å². The van der Waals surface area contributed by atoms with Gasteiger partial charge < -0.3 is 26.0 Å². The number of ether oxygens (including phenoxy) is 1. The summed E-state index contributed by atoms with van der Waals surface area (Å²) in [4.78, 5) is 12.2. The fourth-order valence-corrected chi connectivity index (χ4v) is 4.41. The summed E-state index contributed by atoms with van der Waals surface area (Å²) >= 11 is 1.76. The first kappa shape index (κ1) is 16.0. The van der Waals surface area contributed by atoms with Gasteiger partial charge in [-0.2, -0.15) is 11.8 Å². The lowest BCUT2D eigenvalue weighted by molar-refractivity contribution is -0.0289. The van der Waals surface area contributed by atoms with Gasteiger partial charge in [-0.3, -0.25) is 4.57 Å². The maximum atomic E-state index is 10.4. The van der Waals surface area contributed by atoms with Crippen molar-refractivity contribution < 1.29 is 14.9 Å². The number of hydrogen-bond donors (Lipinski definition) is 4. The monoisotopic (exact) mass is 352 g/mol. The van der Waals surface area contributed by atoms with Gasteiger partial charge in [0.15, 0.2) is 17.7 Å². The third-order valence-electron chi connectivity index (χ3n) is 4.51. The number of rotatable bonds is 4. The molecule has 0 amide bonds. The van der Waals surface area contributed by atoms with Crippen LogP contribution in [0, 0.1) is 0 Å². The van der Waals surface area contributed by atoms with E-state index in [0.29, 0.717) is 22.2 Å². The molecule has 2 aliphatic rings. The van der Waals surface area contributed by atoms with Crippen molar-refractivity contribution in [3.8, 4) is 0 Å². The van der Waals surface area contributed by atoms with Crippen molar-refractivity contribution in [1.82, 2.24) is 24.8 Å². The van der Waals surface area contributed by atoms with Gasteiger partial charge >= 0.3 is 0 Å². The summed E-state index contributed by atoms with van der Waals surface area (Å²) in [5.41, 5.74) is 6.72. The van der Waals surface area contributed by atoms with E-state index in [4.69, 9.17) is 10.5 Å². The third-order valence-corrected chi connectivity index (χ3v) is 5.90. The predicted molar refractivity (Wildman–Crippen MR) is 89.4 cm³/mol. The van der Waals surface area contributed by atoms with Crippen LogP contribution in [-0.2, 0) is 4.74 Å². The minimum atomic E-state index is -1.05. The second-order valence-corrected chi connectivity index (χ2v) is 7.41. The van der Waals surface area contributed by atoms with Crippen LogP contribution >= 0.6 is 11.8 Å². The van der Waals surface area contributed by atoms with Crippen LogP contribution in [0.5, 0.6) is 0 Å². The first-order chi connectivity index (χ1) is 11.6. The summed E-state index contributed by atoms with van der Waals surface area (Å²) in [6.45, 7) is 2.00. The summed E-state index contributed by atoms with van der Waals surface area (Å²) in [6.07, 6.45) is 0.779. The molecule has 0 unspecified atom stereocenters. The first-order valence-corrected chi connectivity index (χ1v) is 8.97. The van der Waals surface area contributed by atoms with Gasteiger partial charge in [0.2, 0.25) is 0 Å². The molecule has 2 aliphatic heterocycles. The van der Waals surface area contributed by atoms with Gasteiger partial charge in [-0.25, -0.2) is 15.0 Å². The number of nitrogens with zero attached hydrogens (tertiary/aromatic N) is 4. The molecule has 2 aromatic heterocycles. The van der Waals surface area contributed by atoms with E-state index in [1.165, 1.54) is 12.7 Å². The normalized spacial score (nSPS) is 33.5. The van der Waals surface area contributed by atoms with Crippen molar-refractivity contribution >= 4 is 28.7 Å².